The molecule has 0 N–H and O–H groups in total. The zero-order chi connectivity index (χ0) is 23.0. The molecule has 33 heavy (non-hydrogen) atoms. The molecule has 0 saturated heterocycles. The summed E-state index contributed by atoms with van der Waals surface area (Å²) in [6.45, 7) is 13.0. The van der Waals surface area contributed by atoms with Gasteiger partial charge in [-0.25, -0.2) is 0 Å². The second-order valence-corrected chi connectivity index (χ2v) is 9.53. The van der Waals surface area contributed by atoms with Crippen LogP contribution in [0.15, 0.2) is 103 Å². The van der Waals surface area contributed by atoms with Crippen molar-refractivity contribution >= 4 is 5.69 Å². The van der Waals surface area contributed by atoms with Crippen molar-refractivity contribution in [1.82, 2.24) is 0 Å². The van der Waals surface area contributed by atoms with Crippen molar-refractivity contribution in [3.63, 3.8) is 0 Å². The molecule has 5 rings (SSSR count). The molecule has 0 spiro atoms. The van der Waals surface area contributed by atoms with Crippen LogP contribution < -0.4 is 4.90 Å². The monoisotopic (exact) mass is 429 g/mol. The van der Waals surface area contributed by atoms with E-state index < -0.39 is 5.54 Å². The van der Waals surface area contributed by atoms with Crippen LogP contribution in [-0.2, 0) is 5.54 Å². The van der Waals surface area contributed by atoms with Crippen molar-refractivity contribution in [1.29, 1.82) is 0 Å². The van der Waals surface area contributed by atoms with E-state index in [1.807, 2.05) is 0 Å². The minimum absolute atomic E-state index is 0.397. The van der Waals surface area contributed by atoms with Crippen LogP contribution in [-0.4, -0.2) is 0 Å². The Bertz CT molecular complexity index is 1170. The molecule has 0 aromatic heterocycles. The molecule has 0 unspecified atom stereocenters. The summed E-state index contributed by atoms with van der Waals surface area (Å²) in [5.41, 5.74) is 8.44. The van der Waals surface area contributed by atoms with Crippen molar-refractivity contribution < 1.29 is 0 Å². The molecule has 4 aromatic rings. The highest BCUT2D eigenvalue weighted by molar-refractivity contribution is 5.76. The maximum Gasteiger partial charge on any atom is 0.128 e. The van der Waals surface area contributed by atoms with Crippen LogP contribution in [0, 0.1) is 6.54 Å². The van der Waals surface area contributed by atoms with Crippen LogP contribution in [0.1, 0.15) is 72.9 Å². The van der Waals surface area contributed by atoms with Gasteiger partial charge in [-0.3, -0.25) is 0 Å². The largest absolute Gasteiger partial charge is 0.338 e. The van der Waals surface area contributed by atoms with Crippen LogP contribution in [0.3, 0.4) is 0 Å². The smallest absolute Gasteiger partial charge is 0.128 e. The third-order valence-electron chi connectivity index (χ3n) is 6.83. The van der Waals surface area contributed by atoms with Crippen LogP contribution in [0.2, 0.25) is 0 Å². The molecule has 1 aliphatic rings. The Hall–Kier alpha value is -3.32. The Balaban J connectivity index is 1.92. The molecule has 0 bridgehead atoms. The summed E-state index contributed by atoms with van der Waals surface area (Å²) >= 11 is 0. The Morgan fingerprint density at radius 3 is 1.58 bits per heavy atom. The van der Waals surface area contributed by atoms with Crippen LogP contribution in [0.5, 0.6) is 0 Å². The van der Waals surface area contributed by atoms with Gasteiger partial charge in [0.25, 0.3) is 0 Å². The summed E-state index contributed by atoms with van der Waals surface area (Å²) in [5, 5.41) is 0. The summed E-state index contributed by atoms with van der Waals surface area (Å²) in [6.07, 6.45) is 0. The molecule has 0 saturated carbocycles. The first-order chi connectivity index (χ1) is 16.0. The predicted molar refractivity (Wildman–Crippen MR) is 139 cm³/mol. The molecule has 164 valence electrons. The van der Waals surface area contributed by atoms with Gasteiger partial charge in [0.1, 0.15) is 12.1 Å². The summed E-state index contributed by atoms with van der Waals surface area (Å²) < 4.78 is 0. The van der Waals surface area contributed by atoms with E-state index in [2.05, 4.69) is 142 Å². The minimum atomic E-state index is -0.492. The van der Waals surface area contributed by atoms with Gasteiger partial charge in [0.15, 0.2) is 0 Å². The van der Waals surface area contributed by atoms with Gasteiger partial charge >= 0.3 is 0 Å². The number of rotatable bonds is 5. The fourth-order valence-electron chi connectivity index (χ4n) is 5.31. The zero-order valence-electron chi connectivity index (χ0n) is 19.9. The lowest BCUT2D eigenvalue weighted by molar-refractivity contribution is 0.628. The standard InChI is InChI=1S/C32H31N/c1-23(2)28-19-13-20-29(24(3)4)31(28)33-22-25-14-11-12-21-30(25)32(33,26-15-7-5-8-16-26)27-17-9-6-10-18-27/h5-21,23-24H,1-4H3. The number of para-hydroxylation sites is 1. The maximum atomic E-state index is 3.86. The number of hydrogen-bond donors (Lipinski definition) is 0. The normalized spacial score (nSPS) is 14.7. The topological polar surface area (TPSA) is 3.24 Å². The van der Waals surface area contributed by atoms with E-state index in [-0.39, 0.29) is 0 Å². The first-order valence-corrected chi connectivity index (χ1v) is 12.0. The molecule has 1 heterocycles. The van der Waals surface area contributed by atoms with E-state index in [9.17, 15) is 0 Å². The summed E-state index contributed by atoms with van der Waals surface area (Å²) in [4.78, 5) is 2.45. The third-order valence-corrected chi connectivity index (χ3v) is 6.83. The number of nitrogens with zero attached hydrogens (tertiary/aromatic N) is 1. The molecule has 4 aromatic carbocycles. The highest BCUT2D eigenvalue weighted by atomic mass is 15.2. The fraction of sp³-hybridized carbons (Fsp3) is 0.219. The van der Waals surface area contributed by atoms with Crippen molar-refractivity contribution in [3.8, 4) is 0 Å². The second-order valence-electron chi connectivity index (χ2n) is 9.53. The first-order valence-electron chi connectivity index (χ1n) is 12.0. The Labute approximate surface area is 198 Å². The lowest BCUT2D eigenvalue weighted by Crippen LogP contribution is -2.43. The quantitative estimate of drug-likeness (QED) is 0.309. The minimum Gasteiger partial charge on any atom is -0.338 e. The molecule has 2 radical (unpaired) electrons. The highest BCUT2D eigenvalue weighted by Gasteiger charge is 2.49. The summed E-state index contributed by atoms with van der Waals surface area (Å²) in [5.74, 6) is 0.793. The van der Waals surface area contributed by atoms with E-state index >= 15 is 0 Å². The zero-order valence-corrected chi connectivity index (χ0v) is 19.9. The summed E-state index contributed by atoms with van der Waals surface area (Å²) in [6, 6.07) is 37.4. The average molecular weight is 430 g/mol. The molecular weight excluding hydrogens is 398 g/mol. The van der Waals surface area contributed by atoms with E-state index in [1.165, 1.54) is 33.5 Å². The first kappa shape index (κ1) is 21.5. The van der Waals surface area contributed by atoms with Crippen molar-refractivity contribution in [2.24, 2.45) is 0 Å². The van der Waals surface area contributed by atoms with Crippen molar-refractivity contribution in [2.45, 2.75) is 45.1 Å². The third kappa shape index (κ3) is 3.38. The SMILES string of the molecule is CC(C)c1cccc(C(C)C)c1N1[C]c2ccccc2C1(c1ccccc1)c1ccccc1. The van der Waals surface area contributed by atoms with Gasteiger partial charge in [0.05, 0.1) is 0 Å². The van der Waals surface area contributed by atoms with Gasteiger partial charge in [-0.05, 0) is 45.2 Å². The van der Waals surface area contributed by atoms with E-state index in [1.54, 1.807) is 0 Å². The lowest BCUT2D eigenvalue weighted by Gasteiger charge is -2.44. The molecule has 1 heteroatoms. The Kier molecular flexibility index (Phi) is 5.58. The second kappa shape index (κ2) is 8.56. The van der Waals surface area contributed by atoms with E-state index in [4.69, 9.17) is 0 Å². The molecule has 0 atom stereocenters. The van der Waals surface area contributed by atoms with Gasteiger partial charge in [-0.2, -0.15) is 0 Å². The molecule has 0 fully saturated rings. The van der Waals surface area contributed by atoms with Gasteiger partial charge in [-0.1, -0.05) is 131 Å². The summed E-state index contributed by atoms with van der Waals surface area (Å²) in [7, 11) is 0. The van der Waals surface area contributed by atoms with Crippen molar-refractivity contribution in [2.75, 3.05) is 4.90 Å². The van der Waals surface area contributed by atoms with Gasteiger partial charge in [0.2, 0.25) is 0 Å². The van der Waals surface area contributed by atoms with Crippen LogP contribution in [0.25, 0.3) is 0 Å². The number of hydrogen-bond acceptors (Lipinski definition) is 1. The number of benzene rings is 4. The predicted octanol–water partition coefficient (Wildman–Crippen LogP) is 8.13. The highest BCUT2D eigenvalue weighted by Crippen LogP contribution is 2.54. The lowest BCUT2D eigenvalue weighted by atomic mass is 9.76. The van der Waals surface area contributed by atoms with Crippen molar-refractivity contribution in [3.05, 3.63) is 143 Å². The average Bonchev–Trinajstić information content (AvgIpc) is 3.20. The van der Waals surface area contributed by atoms with Crippen LogP contribution in [0.4, 0.5) is 5.69 Å². The van der Waals surface area contributed by atoms with Gasteiger partial charge in [-0.15, -0.1) is 0 Å². The fourth-order valence-corrected chi connectivity index (χ4v) is 5.31. The van der Waals surface area contributed by atoms with Gasteiger partial charge in [0, 0.05) is 5.69 Å². The van der Waals surface area contributed by atoms with E-state index in [0.717, 1.165) is 5.56 Å². The Morgan fingerprint density at radius 1 is 0.576 bits per heavy atom. The van der Waals surface area contributed by atoms with Crippen LogP contribution >= 0.6 is 0 Å². The number of anilines is 1. The van der Waals surface area contributed by atoms with Gasteiger partial charge < -0.3 is 4.90 Å². The molecule has 0 aliphatic carbocycles. The molecule has 0 amide bonds. The number of fused-ring (bicyclic) bond motifs is 1. The molecule has 1 aliphatic heterocycles. The Morgan fingerprint density at radius 2 is 1.06 bits per heavy atom. The van der Waals surface area contributed by atoms with E-state index in [0.29, 0.717) is 11.8 Å². The maximum absolute atomic E-state index is 3.86. The molecular formula is C32H31N. The molecule has 1 nitrogen and oxygen atoms in total.